The Balaban J connectivity index is 2.66. The third-order valence-electron chi connectivity index (χ3n) is 2.49. The van der Waals surface area contributed by atoms with Crippen molar-refractivity contribution in [3.05, 3.63) is 35.4 Å². The van der Waals surface area contributed by atoms with Crippen molar-refractivity contribution in [1.29, 1.82) is 5.26 Å². The first-order valence-electron chi connectivity index (χ1n) is 5.47. The maximum Gasteiger partial charge on any atom is 0.305 e. The van der Waals surface area contributed by atoms with Crippen molar-refractivity contribution in [3.63, 3.8) is 0 Å². The average Bonchev–Trinajstić information content (AvgIpc) is 2.36. The second-order valence-electron chi connectivity index (χ2n) is 3.90. The number of hydrogen-bond donors (Lipinski definition) is 1. The number of rotatable bonds is 5. The Bertz CT molecular complexity index is 474. The van der Waals surface area contributed by atoms with E-state index in [9.17, 15) is 9.59 Å². The minimum atomic E-state index is -0.931. The quantitative estimate of drug-likeness (QED) is 0.849. The van der Waals surface area contributed by atoms with E-state index in [-0.39, 0.29) is 18.9 Å². The number of amides is 1. The molecule has 18 heavy (non-hydrogen) atoms. The van der Waals surface area contributed by atoms with Gasteiger partial charge in [-0.15, -0.1) is 0 Å². The SMILES string of the molecule is CN(CCC(=O)O)C(=O)c1ccc(CC#N)cc1. The van der Waals surface area contributed by atoms with Crippen LogP contribution in [0.5, 0.6) is 0 Å². The predicted octanol–water partition coefficient (Wildman–Crippen LogP) is 1.30. The molecule has 0 aliphatic carbocycles. The maximum absolute atomic E-state index is 11.9. The van der Waals surface area contributed by atoms with E-state index in [1.165, 1.54) is 4.90 Å². The number of carboxylic acid groups (broad SMARTS) is 1. The molecule has 0 aliphatic rings. The predicted molar refractivity (Wildman–Crippen MR) is 65.0 cm³/mol. The van der Waals surface area contributed by atoms with Crippen LogP contribution in [0.25, 0.3) is 0 Å². The van der Waals surface area contributed by atoms with Gasteiger partial charge in [0.1, 0.15) is 0 Å². The molecule has 0 unspecified atom stereocenters. The highest BCUT2D eigenvalue weighted by Crippen LogP contribution is 2.07. The van der Waals surface area contributed by atoms with Crippen LogP contribution >= 0.6 is 0 Å². The van der Waals surface area contributed by atoms with Crippen LogP contribution in [0, 0.1) is 11.3 Å². The Morgan fingerprint density at radius 1 is 1.33 bits per heavy atom. The van der Waals surface area contributed by atoms with E-state index < -0.39 is 5.97 Å². The molecule has 0 saturated carbocycles. The molecule has 0 spiro atoms. The molecule has 0 fully saturated rings. The van der Waals surface area contributed by atoms with E-state index in [2.05, 4.69) is 0 Å². The van der Waals surface area contributed by atoms with Crippen molar-refractivity contribution >= 4 is 11.9 Å². The van der Waals surface area contributed by atoms with Crippen LogP contribution in [0.1, 0.15) is 22.3 Å². The summed E-state index contributed by atoms with van der Waals surface area (Å²) in [6.07, 6.45) is 0.234. The molecular weight excluding hydrogens is 232 g/mol. The zero-order valence-electron chi connectivity index (χ0n) is 10.1. The lowest BCUT2D eigenvalue weighted by molar-refractivity contribution is -0.137. The number of aliphatic carboxylic acids is 1. The number of carboxylic acids is 1. The van der Waals surface area contributed by atoms with Crippen molar-refractivity contribution in [2.45, 2.75) is 12.8 Å². The van der Waals surface area contributed by atoms with Crippen molar-refractivity contribution in [2.24, 2.45) is 0 Å². The zero-order chi connectivity index (χ0) is 13.5. The molecule has 0 aromatic heterocycles. The van der Waals surface area contributed by atoms with Gasteiger partial charge in [-0.3, -0.25) is 9.59 Å². The fraction of sp³-hybridized carbons (Fsp3) is 0.308. The summed E-state index contributed by atoms with van der Waals surface area (Å²) in [6, 6.07) is 8.77. The van der Waals surface area contributed by atoms with Gasteiger partial charge in [0.05, 0.1) is 18.9 Å². The molecule has 1 aromatic carbocycles. The lowest BCUT2D eigenvalue weighted by Gasteiger charge is -2.16. The molecular formula is C13H14N2O3. The number of carbonyl (C=O) groups excluding carboxylic acids is 1. The van der Waals surface area contributed by atoms with E-state index in [4.69, 9.17) is 10.4 Å². The molecule has 5 heteroatoms. The Morgan fingerprint density at radius 2 is 1.94 bits per heavy atom. The fourth-order valence-corrected chi connectivity index (χ4v) is 1.44. The first-order chi connectivity index (χ1) is 8.54. The average molecular weight is 246 g/mol. The Kier molecular flexibility index (Phi) is 4.88. The summed E-state index contributed by atoms with van der Waals surface area (Å²) in [4.78, 5) is 23.7. The highest BCUT2D eigenvalue weighted by Gasteiger charge is 2.12. The summed E-state index contributed by atoms with van der Waals surface area (Å²) in [6.45, 7) is 0.175. The van der Waals surface area contributed by atoms with Crippen molar-refractivity contribution in [3.8, 4) is 6.07 Å². The van der Waals surface area contributed by atoms with Crippen LogP contribution in [0.3, 0.4) is 0 Å². The van der Waals surface area contributed by atoms with Crippen LogP contribution in [0.15, 0.2) is 24.3 Å². The summed E-state index contributed by atoms with van der Waals surface area (Å²) in [5.41, 5.74) is 1.34. The van der Waals surface area contributed by atoms with Crippen LogP contribution < -0.4 is 0 Å². The largest absolute Gasteiger partial charge is 0.481 e. The summed E-state index contributed by atoms with van der Waals surface area (Å²) >= 11 is 0. The Morgan fingerprint density at radius 3 is 2.44 bits per heavy atom. The van der Waals surface area contributed by atoms with Gasteiger partial charge in [-0.05, 0) is 17.7 Å². The van der Waals surface area contributed by atoms with Gasteiger partial charge in [0.15, 0.2) is 0 Å². The van der Waals surface area contributed by atoms with E-state index >= 15 is 0 Å². The molecule has 0 radical (unpaired) electrons. The maximum atomic E-state index is 11.9. The summed E-state index contributed by atoms with van der Waals surface area (Å²) < 4.78 is 0. The second kappa shape index (κ2) is 6.40. The Labute approximate surface area is 105 Å². The standard InChI is InChI=1S/C13H14N2O3/c1-15(9-7-12(16)17)13(18)11-4-2-10(3-5-11)6-8-14/h2-5H,6-7,9H2,1H3,(H,16,17). The number of nitrogens with zero attached hydrogens (tertiary/aromatic N) is 2. The molecule has 5 nitrogen and oxygen atoms in total. The van der Waals surface area contributed by atoms with E-state index in [1.807, 2.05) is 6.07 Å². The molecule has 0 heterocycles. The van der Waals surface area contributed by atoms with Crippen LogP contribution in [-0.2, 0) is 11.2 Å². The van der Waals surface area contributed by atoms with Crippen LogP contribution in [0.4, 0.5) is 0 Å². The molecule has 1 rings (SSSR count). The van der Waals surface area contributed by atoms with Gasteiger partial charge in [-0.1, -0.05) is 12.1 Å². The van der Waals surface area contributed by atoms with E-state index in [1.54, 1.807) is 31.3 Å². The monoisotopic (exact) mass is 246 g/mol. The summed E-state index contributed by atoms with van der Waals surface area (Å²) in [7, 11) is 1.56. The third kappa shape index (κ3) is 3.91. The van der Waals surface area contributed by atoms with Gasteiger partial charge in [0, 0.05) is 19.2 Å². The fourth-order valence-electron chi connectivity index (χ4n) is 1.44. The molecule has 0 bridgehead atoms. The topological polar surface area (TPSA) is 81.4 Å². The smallest absolute Gasteiger partial charge is 0.305 e. The number of benzene rings is 1. The minimum Gasteiger partial charge on any atom is -0.481 e. The lowest BCUT2D eigenvalue weighted by atomic mass is 10.1. The molecule has 1 aromatic rings. The Hall–Kier alpha value is -2.35. The van der Waals surface area contributed by atoms with Gasteiger partial charge in [-0.25, -0.2) is 0 Å². The number of nitriles is 1. The van der Waals surface area contributed by atoms with Gasteiger partial charge in [0.2, 0.25) is 0 Å². The molecule has 1 N–H and O–H groups in total. The number of carbonyl (C=O) groups is 2. The first-order valence-corrected chi connectivity index (χ1v) is 5.47. The van der Waals surface area contributed by atoms with Gasteiger partial charge in [-0.2, -0.15) is 5.26 Å². The zero-order valence-corrected chi connectivity index (χ0v) is 10.1. The van der Waals surface area contributed by atoms with Gasteiger partial charge >= 0.3 is 5.97 Å². The van der Waals surface area contributed by atoms with E-state index in [0.29, 0.717) is 12.0 Å². The van der Waals surface area contributed by atoms with Gasteiger partial charge in [0.25, 0.3) is 5.91 Å². The van der Waals surface area contributed by atoms with E-state index in [0.717, 1.165) is 5.56 Å². The lowest BCUT2D eigenvalue weighted by Crippen LogP contribution is -2.29. The molecule has 0 saturated heterocycles. The second-order valence-corrected chi connectivity index (χ2v) is 3.90. The van der Waals surface area contributed by atoms with Crippen LogP contribution in [-0.4, -0.2) is 35.5 Å². The molecule has 1 amide bonds. The molecule has 94 valence electrons. The summed E-state index contributed by atoms with van der Waals surface area (Å²) in [5.74, 6) is -1.15. The van der Waals surface area contributed by atoms with Gasteiger partial charge < -0.3 is 10.0 Å². The number of hydrogen-bond acceptors (Lipinski definition) is 3. The third-order valence-corrected chi connectivity index (χ3v) is 2.49. The highest BCUT2D eigenvalue weighted by atomic mass is 16.4. The molecule has 0 atom stereocenters. The normalized spacial score (nSPS) is 9.56. The highest BCUT2D eigenvalue weighted by molar-refractivity contribution is 5.94. The first kappa shape index (κ1) is 13.7. The van der Waals surface area contributed by atoms with Crippen LogP contribution in [0.2, 0.25) is 0 Å². The molecule has 0 aliphatic heterocycles. The summed E-state index contributed by atoms with van der Waals surface area (Å²) in [5, 5.41) is 17.1. The van der Waals surface area contributed by atoms with Crippen molar-refractivity contribution < 1.29 is 14.7 Å². The van der Waals surface area contributed by atoms with Crippen molar-refractivity contribution in [2.75, 3.05) is 13.6 Å². The van der Waals surface area contributed by atoms with Crippen molar-refractivity contribution in [1.82, 2.24) is 4.90 Å². The minimum absolute atomic E-state index is 0.0746.